The van der Waals surface area contributed by atoms with Crippen molar-refractivity contribution in [2.75, 3.05) is 10.6 Å². The van der Waals surface area contributed by atoms with E-state index in [9.17, 15) is 4.79 Å². The Kier molecular flexibility index (Phi) is 4.91. The first-order valence-electron chi connectivity index (χ1n) is 6.19. The number of hydrogen-bond donors (Lipinski definition) is 1. The maximum atomic E-state index is 12.1. The lowest BCUT2D eigenvalue weighted by atomic mass is 10.1. The minimum absolute atomic E-state index is 0.153. The minimum atomic E-state index is -0.153. The van der Waals surface area contributed by atoms with E-state index in [0.29, 0.717) is 16.8 Å². The molecule has 2 aromatic rings. The van der Waals surface area contributed by atoms with Gasteiger partial charge in [0.05, 0.1) is 11.6 Å². The maximum absolute atomic E-state index is 12.1. The van der Waals surface area contributed by atoms with Crippen LogP contribution in [0.5, 0.6) is 0 Å². The van der Waals surface area contributed by atoms with E-state index in [1.165, 1.54) is 5.56 Å². The fraction of sp³-hybridized carbons (Fsp3) is 0.125. The highest BCUT2D eigenvalue weighted by molar-refractivity contribution is 9.09. The molecule has 0 aromatic heterocycles. The summed E-state index contributed by atoms with van der Waals surface area (Å²) < 4.78 is 0. The molecule has 1 N–H and O–H groups in total. The summed E-state index contributed by atoms with van der Waals surface area (Å²) in [5.41, 5.74) is 3.06. The third-order valence-corrected chi connectivity index (χ3v) is 3.27. The van der Waals surface area contributed by atoms with Crippen LogP contribution in [-0.2, 0) is 6.42 Å². The molecule has 4 heteroatoms. The van der Waals surface area contributed by atoms with E-state index in [1.807, 2.05) is 30.3 Å². The van der Waals surface area contributed by atoms with Crippen molar-refractivity contribution in [2.24, 2.45) is 0 Å². The predicted molar refractivity (Wildman–Crippen MR) is 83.1 cm³/mol. The third kappa shape index (κ3) is 3.69. The van der Waals surface area contributed by atoms with Gasteiger partial charge in [-0.1, -0.05) is 28.1 Å². The molecule has 0 aliphatic rings. The predicted octanol–water partition coefficient (Wildman–Crippen LogP) is 3.75. The number of alkyl halides is 1. The van der Waals surface area contributed by atoms with E-state index in [-0.39, 0.29) is 5.91 Å². The van der Waals surface area contributed by atoms with Crippen LogP contribution in [0.2, 0.25) is 0 Å². The quantitative estimate of drug-likeness (QED) is 0.869. The molecule has 0 spiro atoms. The Morgan fingerprint density at radius 1 is 1.10 bits per heavy atom. The fourth-order valence-corrected chi connectivity index (χ4v) is 2.22. The molecule has 2 aromatic carbocycles. The molecule has 0 heterocycles. The molecule has 0 fully saturated rings. The van der Waals surface area contributed by atoms with E-state index in [4.69, 9.17) is 5.26 Å². The van der Waals surface area contributed by atoms with Crippen molar-refractivity contribution in [3.05, 3.63) is 65.2 Å². The van der Waals surface area contributed by atoms with Gasteiger partial charge in [0.25, 0.3) is 5.91 Å². The van der Waals surface area contributed by atoms with Crippen LogP contribution in [0.3, 0.4) is 0 Å². The normalized spacial score (nSPS) is 9.80. The molecule has 0 aliphatic heterocycles. The van der Waals surface area contributed by atoms with Gasteiger partial charge in [-0.25, -0.2) is 0 Å². The zero-order chi connectivity index (χ0) is 14.4. The fourth-order valence-electron chi connectivity index (χ4n) is 1.76. The molecule has 0 aliphatic carbocycles. The first kappa shape index (κ1) is 14.3. The smallest absolute Gasteiger partial charge is 0.255 e. The molecular formula is C16H13BrN2O. The number of anilines is 1. The van der Waals surface area contributed by atoms with Gasteiger partial charge < -0.3 is 5.32 Å². The van der Waals surface area contributed by atoms with Crippen molar-refractivity contribution in [1.82, 2.24) is 0 Å². The van der Waals surface area contributed by atoms with Crippen LogP contribution in [0.1, 0.15) is 21.5 Å². The zero-order valence-electron chi connectivity index (χ0n) is 10.8. The molecule has 0 radical (unpaired) electrons. The second kappa shape index (κ2) is 6.88. The molecule has 0 saturated carbocycles. The van der Waals surface area contributed by atoms with Crippen molar-refractivity contribution in [1.29, 1.82) is 5.26 Å². The summed E-state index contributed by atoms with van der Waals surface area (Å²) in [6.07, 6.45) is 0.942. The highest BCUT2D eigenvalue weighted by Gasteiger charge is 2.05. The van der Waals surface area contributed by atoms with Crippen LogP contribution < -0.4 is 5.32 Å². The Morgan fingerprint density at radius 3 is 2.30 bits per heavy atom. The average molecular weight is 329 g/mol. The maximum Gasteiger partial charge on any atom is 0.255 e. The van der Waals surface area contributed by atoms with E-state index in [2.05, 4.69) is 21.2 Å². The number of hydrogen-bond acceptors (Lipinski definition) is 2. The Hall–Kier alpha value is -2.12. The zero-order valence-corrected chi connectivity index (χ0v) is 12.4. The molecule has 0 atom stereocenters. The standard InChI is InChI=1S/C16H13BrN2O/c17-10-9-12-1-5-14(6-2-12)16(20)19-15-7-3-13(11-18)4-8-15/h1-8H,9-10H2,(H,19,20). The van der Waals surface area contributed by atoms with E-state index in [1.54, 1.807) is 24.3 Å². The molecule has 0 unspecified atom stereocenters. The number of rotatable bonds is 4. The van der Waals surface area contributed by atoms with Gasteiger partial charge in [-0.2, -0.15) is 5.26 Å². The van der Waals surface area contributed by atoms with Crippen LogP contribution in [-0.4, -0.2) is 11.2 Å². The summed E-state index contributed by atoms with van der Waals surface area (Å²) in [5.74, 6) is -0.153. The lowest BCUT2D eigenvalue weighted by molar-refractivity contribution is 0.102. The highest BCUT2D eigenvalue weighted by atomic mass is 79.9. The molecule has 1 amide bonds. The lowest BCUT2D eigenvalue weighted by Gasteiger charge is -2.06. The van der Waals surface area contributed by atoms with E-state index >= 15 is 0 Å². The number of nitriles is 1. The van der Waals surface area contributed by atoms with Gasteiger partial charge in [0.2, 0.25) is 0 Å². The minimum Gasteiger partial charge on any atom is -0.322 e. The number of nitrogens with one attached hydrogen (secondary N) is 1. The first-order valence-corrected chi connectivity index (χ1v) is 7.31. The molecule has 3 nitrogen and oxygen atoms in total. The number of carbonyl (C=O) groups excluding carboxylic acids is 1. The van der Waals surface area contributed by atoms with Gasteiger partial charge in [-0.15, -0.1) is 0 Å². The average Bonchev–Trinajstić information content (AvgIpc) is 2.49. The number of nitrogens with zero attached hydrogens (tertiary/aromatic N) is 1. The summed E-state index contributed by atoms with van der Waals surface area (Å²) in [6.45, 7) is 0. The molecule has 0 saturated heterocycles. The highest BCUT2D eigenvalue weighted by Crippen LogP contribution is 2.12. The number of amides is 1. The Labute approximate surface area is 126 Å². The Balaban J connectivity index is 2.05. The van der Waals surface area contributed by atoms with Crippen LogP contribution in [0, 0.1) is 11.3 Å². The molecule has 2 rings (SSSR count). The molecule has 0 bridgehead atoms. The first-order chi connectivity index (χ1) is 9.72. The van der Waals surface area contributed by atoms with Crippen molar-refractivity contribution in [2.45, 2.75) is 6.42 Å². The largest absolute Gasteiger partial charge is 0.322 e. The second-order valence-corrected chi connectivity index (χ2v) is 5.07. The number of halogens is 1. The lowest BCUT2D eigenvalue weighted by Crippen LogP contribution is -2.11. The summed E-state index contributed by atoms with van der Waals surface area (Å²) in [5, 5.41) is 12.4. The van der Waals surface area contributed by atoms with Gasteiger partial charge in [0.1, 0.15) is 0 Å². The topological polar surface area (TPSA) is 52.9 Å². The van der Waals surface area contributed by atoms with Gasteiger partial charge >= 0.3 is 0 Å². The SMILES string of the molecule is N#Cc1ccc(NC(=O)c2ccc(CCBr)cc2)cc1. The molecule has 100 valence electrons. The van der Waals surface area contributed by atoms with Crippen LogP contribution in [0.15, 0.2) is 48.5 Å². The third-order valence-electron chi connectivity index (χ3n) is 2.87. The van der Waals surface area contributed by atoms with Crippen LogP contribution in [0.4, 0.5) is 5.69 Å². The Bertz CT molecular complexity index is 627. The van der Waals surface area contributed by atoms with Gasteiger partial charge in [-0.05, 0) is 48.4 Å². The van der Waals surface area contributed by atoms with Crippen molar-refractivity contribution >= 4 is 27.5 Å². The molecular weight excluding hydrogens is 316 g/mol. The van der Waals surface area contributed by atoms with E-state index in [0.717, 1.165) is 11.8 Å². The van der Waals surface area contributed by atoms with Crippen molar-refractivity contribution in [3.8, 4) is 6.07 Å². The van der Waals surface area contributed by atoms with Crippen molar-refractivity contribution < 1.29 is 4.79 Å². The number of benzene rings is 2. The number of aryl methyl sites for hydroxylation is 1. The summed E-state index contributed by atoms with van der Waals surface area (Å²) >= 11 is 3.39. The van der Waals surface area contributed by atoms with Gasteiger partial charge in [0, 0.05) is 16.6 Å². The van der Waals surface area contributed by atoms with Crippen molar-refractivity contribution in [3.63, 3.8) is 0 Å². The van der Waals surface area contributed by atoms with Crippen LogP contribution >= 0.6 is 15.9 Å². The van der Waals surface area contributed by atoms with Crippen LogP contribution in [0.25, 0.3) is 0 Å². The Morgan fingerprint density at radius 2 is 1.75 bits per heavy atom. The molecule has 20 heavy (non-hydrogen) atoms. The summed E-state index contributed by atoms with van der Waals surface area (Å²) in [7, 11) is 0. The van der Waals surface area contributed by atoms with Gasteiger partial charge in [0.15, 0.2) is 0 Å². The monoisotopic (exact) mass is 328 g/mol. The summed E-state index contributed by atoms with van der Waals surface area (Å²) in [6, 6.07) is 16.4. The second-order valence-electron chi connectivity index (χ2n) is 4.28. The van der Waals surface area contributed by atoms with Gasteiger partial charge in [-0.3, -0.25) is 4.79 Å². The summed E-state index contributed by atoms with van der Waals surface area (Å²) in [4.78, 5) is 12.1. The van der Waals surface area contributed by atoms with E-state index < -0.39 is 0 Å². The number of carbonyl (C=O) groups is 1.